The zero-order valence-corrected chi connectivity index (χ0v) is 9.46. The van der Waals surface area contributed by atoms with Crippen molar-refractivity contribution in [3.05, 3.63) is 35.8 Å². The summed E-state index contributed by atoms with van der Waals surface area (Å²) in [7, 11) is 0. The summed E-state index contributed by atoms with van der Waals surface area (Å²) in [5.74, 6) is 0.825. The summed E-state index contributed by atoms with van der Waals surface area (Å²) >= 11 is 0. The van der Waals surface area contributed by atoms with Gasteiger partial charge in [0.2, 0.25) is 0 Å². The molecule has 0 atom stereocenters. The first-order valence-electron chi connectivity index (χ1n) is 5.26. The predicted molar refractivity (Wildman–Crippen MR) is 61.9 cm³/mol. The molecule has 2 N–H and O–H groups in total. The standard InChI is InChI=1S/C11H15N5/c1-8(2)10-11(12)14-15-16(10)7-9-4-3-5-13-6-9/h3-6,8H,7,12H2,1-2H3. The Morgan fingerprint density at radius 1 is 1.44 bits per heavy atom. The molecule has 0 aliphatic carbocycles. The number of nitrogens with zero attached hydrogens (tertiary/aromatic N) is 4. The lowest BCUT2D eigenvalue weighted by Gasteiger charge is -2.09. The van der Waals surface area contributed by atoms with Crippen molar-refractivity contribution in [2.75, 3.05) is 5.73 Å². The molecule has 0 aliphatic rings. The van der Waals surface area contributed by atoms with E-state index in [1.807, 2.05) is 23.0 Å². The number of nitrogens with two attached hydrogens (primary N) is 1. The smallest absolute Gasteiger partial charge is 0.169 e. The quantitative estimate of drug-likeness (QED) is 0.844. The van der Waals surface area contributed by atoms with Gasteiger partial charge in [0, 0.05) is 12.4 Å². The van der Waals surface area contributed by atoms with E-state index in [4.69, 9.17) is 5.73 Å². The first kappa shape index (κ1) is 10.6. The number of aromatic nitrogens is 4. The van der Waals surface area contributed by atoms with Crippen molar-refractivity contribution in [3.8, 4) is 0 Å². The van der Waals surface area contributed by atoms with Gasteiger partial charge in [-0.1, -0.05) is 25.1 Å². The molecular formula is C11H15N5. The molecule has 0 aromatic carbocycles. The fourth-order valence-electron chi connectivity index (χ4n) is 1.71. The van der Waals surface area contributed by atoms with E-state index in [0.29, 0.717) is 18.3 Å². The van der Waals surface area contributed by atoms with Crippen LogP contribution in [0.5, 0.6) is 0 Å². The second-order valence-corrected chi connectivity index (χ2v) is 4.03. The molecule has 5 nitrogen and oxygen atoms in total. The van der Waals surface area contributed by atoms with Crippen LogP contribution in [0.3, 0.4) is 0 Å². The summed E-state index contributed by atoms with van der Waals surface area (Å²) in [4.78, 5) is 4.07. The van der Waals surface area contributed by atoms with Crippen LogP contribution in [0.15, 0.2) is 24.5 Å². The van der Waals surface area contributed by atoms with Gasteiger partial charge in [-0.25, -0.2) is 4.68 Å². The zero-order valence-electron chi connectivity index (χ0n) is 9.46. The van der Waals surface area contributed by atoms with E-state index in [0.717, 1.165) is 11.3 Å². The minimum atomic E-state index is 0.312. The van der Waals surface area contributed by atoms with E-state index < -0.39 is 0 Å². The van der Waals surface area contributed by atoms with Crippen LogP contribution in [0.25, 0.3) is 0 Å². The van der Waals surface area contributed by atoms with Crippen LogP contribution in [-0.2, 0) is 6.54 Å². The topological polar surface area (TPSA) is 69.6 Å². The molecular weight excluding hydrogens is 202 g/mol. The molecule has 5 heteroatoms. The molecule has 0 bridgehead atoms. The lowest BCUT2D eigenvalue weighted by Crippen LogP contribution is -2.08. The van der Waals surface area contributed by atoms with Gasteiger partial charge in [-0.05, 0) is 17.5 Å². The summed E-state index contributed by atoms with van der Waals surface area (Å²) < 4.78 is 1.83. The fraction of sp³-hybridized carbons (Fsp3) is 0.364. The van der Waals surface area contributed by atoms with Gasteiger partial charge in [-0.2, -0.15) is 0 Å². The van der Waals surface area contributed by atoms with Crippen LogP contribution >= 0.6 is 0 Å². The van der Waals surface area contributed by atoms with E-state index >= 15 is 0 Å². The monoisotopic (exact) mass is 217 g/mol. The molecule has 0 amide bonds. The highest BCUT2D eigenvalue weighted by Crippen LogP contribution is 2.19. The Labute approximate surface area is 94.3 Å². The highest BCUT2D eigenvalue weighted by atomic mass is 15.4. The van der Waals surface area contributed by atoms with Gasteiger partial charge in [0.1, 0.15) is 0 Å². The van der Waals surface area contributed by atoms with Gasteiger partial charge in [-0.3, -0.25) is 4.98 Å². The van der Waals surface area contributed by atoms with Gasteiger partial charge >= 0.3 is 0 Å². The summed E-state index contributed by atoms with van der Waals surface area (Å²) in [5.41, 5.74) is 7.85. The summed E-state index contributed by atoms with van der Waals surface area (Å²) in [6.45, 7) is 4.81. The summed E-state index contributed by atoms with van der Waals surface area (Å²) in [6.07, 6.45) is 3.57. The average molecular weight is 217 g/mol. The lowest BCUT2D eigenvalue weighted by atomic mass is 10.1. The third-order valence-corrected chi connectivity index (χ3v) is 2.40. The number of hydrogen-bond donors (Lipinski definition) is 1. The Balaban J connectivity index is 2.29. The molecule has 0 aliphatic heterocycles. The molecule has 0 unspecified atom stereocenters. The summed E-state index contributed by atoms with van der Waals surface area (Å²) in [5, 5.41) is 7.95. The molecule has 0 saturated carbocycles. The Kier molecular flexibility index (Phi) is 2.85. The van der Waals surface area contributed by atoms with Gasteiger partial charge in [-0.15, -0.1) is 5.10 Å². The highest BCUT2D eigenvalue weighted by Gasteiger charge is 2.13. The van der Waals surface area contributed by atoms with Crippen molar-refractivity contribution in [2.24, 2.45) is 0 Å². The molecule has 0 fully saturated rings. The third kappa shape index (κ3) is 2.03. The molecule has 16 heavy (non-hydrogen) atoms. The van der Waals surface area contributed by atoms with E-state index in [9.17, 15) is 0 Å². The van der Waals surface area contributed by atoms with Crippen molar-refractivity contribution in [1.29, 1.82) is 0 Å². The molecule has 2 heterocycles. The van der Waals surface area contributed by atoms with Crippen molar-refractivity contribution in [1.82, 2.24) is 20.0 Å². The molecule has 0 radical (unpaired) electrons. The number of pyridine rings is 1. The molecule has 84 valence electrons. The third-order valence-electron chi connectivity index (χ3n) is 2.40. The van der Waals surface area contributed by atoms with Crippen molar-refractivity contribution in [2.45, 2.75) is 26.3 Å². The number of hydrogen-bond acceptors (Lipinski definition) is 4. The molecule has 0 saturated heterocycles. The van der Waals surface area contributed by atoms with E-state index in [2.05, 4.69) is 29.1 Å². The first-order chi connectivity index (χ1) is 7.68. The fourth-order valence-corrected chi connectivity index (χ4v) is 1.71. The van der Waals surface area contributed by atoms with Gasteiger partial charge in [0.25, 0.3) is 0 Å². The van der Waals surface area contributed by atoms with Crippen molar-refractivity contribution < 1.29 is 0 Å². The molecule has 2 aromatic rings. The Hall–Kier alpha value is -1.91. The van der Waals surface area contributed by atoms with Crippen LogP contribution in [0, 0.1) is 0 Å². The van der Waals surface area contributed by atoms with Gasteiger partial charge in [0.15, 0.2) is 5.82 Å². The van der Waals surface area contributed by atoms with Crippen molar-refractivity contribution >= 4 is 5.82 Å². The highest BCUT2D eigenvalue weighted by molar-refractivity contribution is 5.35. The van der Waals surface area contributed by atoms with E-state index in [1.54, 1.807) is 6.20 Å². The number of nitrogen functional groups attached to an aromatic ring is 1. The number of rotatable bonds is 3. The first-order valence-corrected chi connectivity index (χ1v) is 5.26. The normalized spacial score (nSPS) is 10.9. The average Bonchev–Trinajstić information content (AvgIpc) is 2.61. The molecule has 0 spiro atoms. The zero-order chi connectivity index (χ0) is 11.5. The van der Waals surface area contributed by atoms with Crippen LogP contribution in [0.1, 0.15) is 31.0 Å². The second-order valence-electron chi connectivity index (χ2n) is 4.03. The van der Waals surface area contributed by atoms with Gasteiger partial charge in [0.05, 0.1) is 12.2 Å². The molecule has 2 aromatic heterocycles. The SMILES string of the molecule is CC(C)c1c(N)nnn1Cc1cccnc1. The Morgan fingerprint density at radius 3 is 2.88 bits per heavy atom. The maximum absolute atomic E-state index is 5.79. The maximum atomic E-state index is 5.79. The van der Waals surface area contributed by atoms with Crippen LogP contribution in [0.4, 0.5) is 5.82 Å². The Bertz CT molecular complexity index is 460. The van der Waals surface area contributed by atoms with Crippen LogP contribution in [-0.4, -0.2) is 20.0 Å². The summed E-state index contributed by atoms with van der Waals surface area (Å²) in [6, 6.07) is 3.92. The van der Waals surface area contributed by atoms with E-state index in [1.165, 1.54) is 0 Å². The maximum Gasteiger partial charge on any atom is 0.169 e. The minimum absolute atomic E-state index is 0.312. The van der Waals surface area contributed by atoms with Crippen LogP contribution < -0.4 is 5.73 Å². The minimum Gasteiger partial charge on any atom is -0.381 e. The predicted octanol–water partition coefficient (Wildman–Crippen LogP) is 1.43. The van der Waals surface area contributed by atoms with E-state index in [-0.39, 0.29) is 0 Å². The van der Waals surface area contributed by atoms with Crippen LogP contribution in [0.2, 0.25) is 0 Å². The van der Waals surface area contributed by atoms with Gasteiger partial charge < -0.3 is 5.73 Å². The molecule has 2 rings (SSSR count). The lowest BCUT2D eigenvalue weighted by molar-refractivity contribution is 0.597. The second kappa shape index (κ2) is 4.30. The Morgan fingerprint density at radius 2 is 2.25 bits per heavy atom. The van der Waals surface area contributed by atoms with Crippen molar-refractivity contribution in [3.63, 3.8) is 0 Å². The largest absolute Gasteiger partial charge is 0.381 e. The number of anilines is 1.